The minimum atomic E-state index is -0.212. The lowest BCUT2D eigenvalue weighted by molar-refractivity contribution is 0.102. The maximum absolute atomic E-state index is 12.6. The van der Waals surface area contributed by atoms with Crippen LogP contribution in [0.1, 0.15) is 47.1 Å². The summed E-state index contributed by atoms with van der Waals surface area (Å²) in [7, 11) is 0. The van der Waals surface area contributed by atoms with E-state index in [1.165, 1.54) is 10.6 Å². The fraction of sp³-hybridized carbons (Fsp3) is 0.250. The summed E-state index contributed by atoms with van der Waals surface area (Å²) < 4.78 is 9.12. The Morgan fingerprint density at radius 1 is 1.09 bits per heavy atom. The Kier molecular flexibility index (Phi) is 5.77. The van der Waals surface area contributed by atoms with Gasteiger partial charge in [-0.2, -0.15) is 9.50 Å². The molecule has 1 amide bonds. The molecule has 0 aliphatic carbocycles. The van der Waals surface area contributed by atoms with Crippen LogP contribution in [0.3, 0.4) is 0 Å². The van der Waals surface area contributed by atoms with E-state index in [4.69, 9.17) is 4.74 Å². The summed E-state index contributed by atoms with van der Waals surface area (Å²) in [6.45, 7) is 7.86. The summed E-state index contributed by atoms with van der Waals surface area (Å²) >= 11 is 0. The predicted octanol–water partition coefficient (Wildman–Crippen LogP) is 3.92. The van der Waals surface area contributed by atoms with Gasteiger partial charge in [0, 0.05) is 29.4 Å². The van der Waals surface area contributed by atoms with Crippen LogP contribution in [0, 0.1) is 13.8 Å². The molecule has 2 heterocycles. The summed E-state index contributed by atoms with van der Waals surface area (Å²) in [6, 6.07) is 14.4. The van der Waals surface area contributed by atoms with Gasteiger partial charge < -0.3 is 10.1 Å². The number of fused-ring (bicyclic) bond motifs is 1. The van der Waals surface area contributed by atoms with E-state index in [0.29, 0.717) is 28.5 Å². The molecule has 0 radical (unpaired) electrons. The van der Waals surface area contributed by atoms with Gasteiger partial charge >= 0.3 is 0 Å². The van der Waals surface area contributed by atoms with Crippen molar-refractivity contribution in [1.29, 1.82) is 0 Å². The maximum atomic E-state index is 12.6. The van der Waals surface area contributed by atoms with Crippen LogP contribution >= 0.6 is 0 Å². The van der Waals surface area contributed by atoms with Gasteiger partial charge in [0.2, 0.25) is 0 Å². The van der Waals surface area contributed by atoms with Crippen molar-refractivity contribution in [3.63, 3.8) is 0 Å². The highest BCUT2D eigenvalue weighted by molar-refractivity contribution is 6.05. The molecule has 2 aromatic carbocycles. The SMILES string of the molecule is Cc1ccc(NC(=O)c2ccccc2C)cc1OCc1cc(=O)n2c(ncn2C(C)C)n1. The number of aryl methyl sites for hydroxylation is 2. The molecule has 0 saturated carbocycles. The molecule has 0 spiro atoms. The number of aromatic nitrogens is 4. The van der Waals surface area contributed by atoms with Crippen molar-refractivity contribution >= 4 is 17.4 Å². The van der Waals surface area contributed by atoms with Crippen molar-refractivity contribution in [3.05, 3.63) is 87.6 Å². The summed E-state index contributed by atoms with van der Waals surface area (Å²) in [6.07, 6.45) is 1.60. The van der Waals surface area contributed by atoms with Crippen LogP contribution < -0.4 is 15.6 Å². The molecule has 0 fully saturated rings. The monoisotopic (exact) mass is 431 g/mol. The number of carbonyl (C=O) groups excluding carboxylic acids is 1. The number of anilines is 1. The molecule has 4 aromatic rings. The Hall–Kier alpha value is -3.94. The zero-order valence-electron chi connectivity index (χ0n) is 18.5. The quantitative estimate of drug-likeness (QED) is 0.500. The van der Waals surface area contributed by atoms with Crippen molar-refractivity contribution in [2.45, 2.75) is 40.3 Å². The van der Waals surface area contributed by atoms with Gasteiger partial charge in [-0.25, -0.2) is 4.98 Å². The number of nitrogens with zero attached hydrogens (tertiary/aromatic N) is 4. The molecule has 2 aromatic heterocycles. The number of nitrogens with one attached hydrogen (secondary N) is 1. The smallest absolute Gasteiger partial charge is 0.274 e. The lowest BCUT2D eigenvalue weighted by atomic mass is 10.1. The van der Waals surface area contributed by atoms with Crippen LogP contribution in [0.4, 0.5) is 5.69 Å². The Morgan fingerprint density at radius 3 is 2.62 bits per heavy atom. The summed E-state index contributed by atoms with van der Waals surface area (Å²) in [5, 5.41) is 2.91. The normalized spacial score (nSPS) is 11.2. The summed E-state index contributed by atoms with van der Waals surface area (Å²) in [5.41, 5.74) is 3.32. The standard InChI is InChI=1S/C24H25N5O3/c1-15(2)28-14-25-24-27-19(12-22(30)29(24)28)13-32-21-11-18(10-9-17(21)4)26-23(31)20-8-6-5-7-16(20)3/h5-12,14-15H,13H2,1-4H3,(H,26,31). The number of benzene rings is 2. The van der Waals surface area contributed by atoms with E-state index in [0.717, 1.165) is 11.1 Å². The first-order valence-corrected chi connectivity index (χ1v) is 10.4. The Morgan fingerprint density at radius 2 is 1.88 bits per heavy atom. The zero-order valence-corrected chi connectivity index (χ0v) is 18.5. The van der Waals surface area contributed by atoms with Gasteiger partial charge in [0.15, 0.2) is 0 Å². The molecule has 0 aliphatic heterocycles. The largest absolute Gasteiger partial charge is 0.487 e. The van der Waals surface area contributed by atoms with Crippen LogP contribution in [0.2, 0.25) is 0 Å². The van der Waals surface area contributed by atoms with E-state index in [1.54, 1.807) is 23.1 Å². The minimum Gasteiger partial charge on any atom is -0.487 e. The van der Waals surface area contributed by atoms with Crippen molar-refractivity contribution in [3.8, 4) is 5.75 Å². The molecule has 8 heteroatoms. The molecule has 8 nitrogen and oxygen atoms in total. The molecule has 32 heavy (non-hydrogen) atoms. The van der Waals surface area contributed by atoms with E-state index in [1.807, 2.05) is 58.0 Å². The van der Waals surface area contributed by atoms with Gasteiger partial charge in [-0.15, -0.1) is 0 Å². The van der Waals surface area contributed by atoms with E-state index < -0.39 is 0 Å². The lowest BCUT2D eigenvalue weighted by Crippen LogP contribution is -2.23. The van der Waals surface area contributed by atoms with Gasteiger partial charge in [-0.05, 0) is 51.0 Å². The fourth-order valence-corrected chi connectivity index (χ4v) is 3.42. The third-order valence-corrected chi connectivity index (χ3v) is 5.19. The van der Waals surface area contributed by atoms with Crippen LogP contribution in [0.5, 0.6) is 5.75 Å². The second-order valence-electron chi connectivity index (χ2n) is 7.95. The van der Waals surface area contributed by atoms with Crippen LogP contribution in [-0.4, -0.2) is 25.1 Å². The second-order valence-corrected chi connectivity index (χ2v) is 7.95. The maximum Gasteiger partial charge on any atom is 0.274 e. The molecule has 1 N–H and O–H groups in total. The topological polar surface area (TPSA) is 90.5 Å². The van der Waals surface area contributed by atoms with Crippen molar-refractivity contribution in [2.24, 2.45) is 0 Å². The molecular weight excluding hydrogens is 406 g/mol. The number of hydrogen-bond donors (Lipinski definition) is 1. The number of hydrogen-bond acceptors (Lipinski definition) is 5. The van der Waals surface area contributed by atoms with E-state index in [9.17, 15) is 9.59 Å². The van der Waals surface area contributed by atoms with Gasteiger partial charge in [0.1, 0.15) is 18.7 Å². The zero-order chi connectivity index (χ0) is 22.8. The number of carbonyl (C=O) groups is 1. The molecule has 164 valence electrons. The molecule has 0 atom stereocenters. The van der Waals surface area contributed by atoms with E-state index >= 15 is 0 Å². The Bertz CT molecular complexity index is 1350. The number of amides is 1. The predicted molar refractivity (Wildman–Crippen MR) is 122 cm³/mol. The summed E-state index contributed by atoms with van der Waals surface area (Å²) in [5.74, 6) is 0.752. The average Bonchev–Trinajstić information content (AvgIpc) is 3.19. The molecule has 0 saturated heterocycles. The first kappa shape index (κ1) is 21.3. The van der Waals surface area contributed by atoms with Gasteiger partial charge in [0.25, 0.3) is 17.2 Å². The van der Waals surface area contributed by atoms with Crippen molar-refractivity contribution in [2.75, 3.05) is 5.32 Å². The van der Waals surface area contributed by atoms with Crippen molar-refractivity contribution in [1.82, 2.24) is 19.2 Å². The number of rotatable bonds is 6. The third-order valence-electron chi connectivity index (χ3n) is 5.19. The van der Waals surface area contributed by atoms with Crippen LogP contribution in [0.25, 0.3) is 5.78 Å². The molecule has 0 unspecified atom stereocenters. The molecule has 0 aliphatic rings. The molecule has 0 bridgehead atoms. The number of ether oxygens (including phenoxy) is 1. The van der Waals surface area contributed by atoms with E-state index in [-0.39, 0.29) is 24.1 Å². The molecule has 4 rings (SSSR count). The second kappa shape index (κ2) is 8.66. The van der Waals surface area contributed by atoms with Gasteiger partial charge in [0.05, 0.1) is 5.69 Å². The van der Waals surface area contributed by atoms with E-state index in [2.05, 4.69) is 15.3 Å². The fourth-order valence-electron chi connectivity index (χ4n) is 3.42. The van der Waals surface area contributed by atoms with Gasteiger partial charge in [-0.3, -0.25) is 14.3 Å². The molecular formula is C24H25N5O3. The highest BCUT2D eigenvalue weighted by Crippen LogP contribution is 2.24. The highest BCUT2D eigenvalue weighted by atomic mass is 16.5. The average molecular weight is 431 g/mol. The van der Waals surface area contributed by atoms with Crippen molar-refractivity contribution < 1.29 is 9.53 Å². The highest BCUT2D eigenvalue weighted by Gasteiger charge is 2.12. The lowest BCUT2D eigenvalue weighted by Gasteiger charge is -2.13. The van der Waals surface area contributed by atoms with Crippen LogP contribution in [0.15, 0.2) is 59.7 Å². The third kappa shape index (κ3) is 4.25. The minimum absolute atomic E-state index is 0.0851. The Labute approximate surface area is 185 Å². The van der Waals surface area contributed by atoms with Gasteiger partial charge in [-0.1, -0.05) is 24.3 Å². The summed E-state index contributed by atoms with van der Waals surface area (Å²) in [4.78, 5) is 33.8. The Balaban J connectivity index is 1.52. The van der Waals surface area contributed by atoms with Crippen LogP contribution in [-0.2, 0) is 6.61 Å². The first-order chi connectivity index (χ1) is 15.3. The first-order valence-electron chi connectivity index (χ1n) is 10.4.